The minimum absolute atomic E-state index is 0.00832. The lowest BCUT2D eigenvalue weighted by atomic mass is 9.44. The highest BCUT2D eigenvalue weighted by Gasteiger charge is 2.72. The number of aliphatic hydroxyl groups is 7. The van der Waals surface area contributed by atoms with Crippen molar-refractivity contribution >= 4 is 5.78 Å². The highest BCUT2D eigenvalue weighted by Crippen LogP contribution is 2.70. The Kier molecular flexibility index (Phi) is 10.3. The molecule has 8 fully saturated rings. The van der Waals surface area contributed by atoms with E-state index in [1.807, 2.05) is 0 Å². The molecule has 0 aromatic rings. The van der Waals surface area contributed by atoms with Crippen LogP contribution >= 0.6 is 0 Å². The second kappa shape index (κ2) is 14.1. The van der Waals surface area contributed by atoms with Crippen molar-refractivity contribution in [1.29, 1.82) is 0 Å². The standard InChI is InChI=1S/C39H60O14/c1-17-7-10-39(48-16-17)18(2)28-24(53-39)12-23-21-6-5-19-11-20(8-9-37(19,3)22(21)13-27(42)38(23,28)4)49-36-34(32(46)30(44)26(15-41)51-36)52-35-33(47)31(45)29(43)25(14-40)50-35/h18-26,28-36,40-41,43-47H,1,5-16H2,2-4H3/t18-,19+,20-,21+,22-,23-,24-,25+,26+,28-,29+,30-,31-,32-,33+,34+,35-,36+,37-,38+,39+/m0/s1. The molecular formula is C39H60O14. The molecule has 0 amide bonds. The first-order chi connectivity index (χ1) is 25.2. The Morgan fingerprint density at radius 3 is 2.21 bits per heavy atom. The second-order valence-electron chi connectivity index (χ2n) is 18.2. The fraction of sp³-hybridized carbons (Fsp3) is 0.923. The molecule has 0 unspecified atom stereocenters. The summed E-state index contributed by atoms with van der Waals surface area (Å²) in [5.74, 6) is 1.16. The van der Waals surface area contributed by atoms with Gasteiger partial charge < -0.3 is 64.2 Å². The summed E-state index contributed by atoms with van der Waals surface area (Å²) in [6, 6.07) is 0. The van der Waals surface area contributed by atoms with Crippen molar-refractivity contribution in [2.75, 3.05) is 19.8 Å². The van der Waals surface area contributed by atoms with Crippen LogP contribution in [-0.2, 0) is 33.2 Å². The first-order valence-electron chi connectivity index (χ1n) is 19.9. The zero-order valence-electron chi connectivity index (χ0n) is 31.1. The number of fused-ring (bicyclic) bond motifs is 7. The van der Waals surface area contributed by atoms with Gasteiger partial charge >= 0.3 is 0 Å². The molecule has 0 aromatic carbocycles. The van der Waals surface area contributed by atoms with Crippen LogP contribution in [0.25, 0.3) is 0 Å². The number of hydrogen-bond donors (Lipinski definition) is 7. The van der Waals surface area contributed by atoms with Gasteiger partial charge in [0.25, 0.3) is 0 Å². The van der Waals surface area contributed by atoms with Crippen LogP contribution < -0.4 is 0 Å². The van der Waals surface area contributed by atoms with Crippen LogP contribution in [-0.4, -0.2) is 141 Å². The molecule has 0 bridgehead atoms. The minimum atomic E-state index is -1.74. The predicted molar refractivity (Wildman–Crippen MR) is 183 cm³/mol. The topological polar surface area (TPSA) is 214 Å². The van der Waals surface area contributed by atoms with Gasteiger partial charge in [0.2, 0.25) is 0 Å². The number of hydrogen-bond acceptors (Lipinski definition) is 14. The van der Waals surface area contributed by atoms with Crippen molar-refractivity contribution in [2.24, 2.45) is 46.3 Å². The molecule has 4 saturated carbocycles. The molecule has 21 atom stereocenters. The van der Waals surface area contributed by atoms with E-state index < -0.39 is 85.8 Å². The number of aliphatic hydroxyl groups excluding tert-OH is 7. The van der Waals surface area contributed by atoms with Crippen LogP contribution in [0.2, 0.25) is 0 Å². The summed E-state index contributed by atoms with van der Waals surface area (Å²) in [4.78, 5) is 14.5. The summed E-state index contributed by atoms with van der Waals surface area (Å²) < 4.78 is 37.1. The van der Waals surface area contributed by atoms with Crippen molar-refractivity contribution < 1.29 is 69.0 Å². The normalized spacial score (nSPS) is 56.8. The lowest BCUT2D eigenvalue weighted by Crippen LogP contribution is -2.65. The number of Topliss-reactive ketones (excluding diaryl/α,β-unsaturated/α-hetero) is 1. The van der Waals surface area contributed by atoms with Crippen molar-refractivity contribution in [2.45, 2.75) is 158 Å². The van der Waals surface area contributed by atoms with Gasteiger partial charge in [-0.1, -0.05) is 32.9 Å². The zero-order chi connectivity index (χ0) is 37.8. The van der Waals surface area contributed by atoms with Gasteiger partial charge in [0.1, 0.15) is 54.6 Å². The van der Waals surface area contributed by atoms with Crippen LogP contribution in [0.3, 0.4) is 0 Å². The van der Waals surface area contributed by atoms with Crippen LogP contribution in [0.15, 0.2) is 12.2 Å². The monoisotopic (exact) mass is 752 g/mol. The van der Waals surface area contributed by atoms with Crippen molar-refractivity contribution in [3.63, 3.8) is 0 Å². The Balaban J connectivity index is 0.961. The molecule has 4 aliphatic heterocycles. The maximum Gasteiger partial charge on any atom is 0.187 e. The van der Waals surface area contributed by atoms with E-state index >= 15 is 0 Å². The van der Waals surface area contributed by atoms with E-state index in [1.165, 1.54) is 0 Å². The van der Waals surface area contributed by atoms with Gasteiger partial charge in [-0.05, 0) is 74.0 Å². The van der Waals surface area contributed by atoms with Gasteiger partial charge in [0, 0.05) is 30.1 Å². The molecule has 1 spiro atoms. The zero-order valence-corrected chi connectivity index (χ0v) is 31.1. The average Bonchev–Trinajstić information content (AvgIpc) is 3.59. The largest absolute Gasteiger partial charge is 0.394 e. The Hall–Kier alpha value is -1.11. The number of ketones is 1. The molecule has 8 rings (SSSR count). The number of carbonyl (C=O) groups excluding carboxylic acids is 1. The van der Waals surface area contributed by atoms with Crippen molar-refractivity contribution in [1.82, 2.24) is 0 Å². The molecule has 4 saturated heterocycles. The molecule has 14 nitrogen and oxygen atoms in total. The fourth-order valence-corrected chi connectivity index (χ4v) is 12.7. The lowest BCUT2D eigenvalue weighted by Gasteiger charge is -2.60. The first kappa shape index (κ1) is 38.7. The molecule has 0 aromatic heterocycles. The summed E-state index contributed by atoms with van der Waals surface area (Å²) in [6.07, 6.45) is -7.99. The first-order valence-corrected chi connectivity index (χ1v) is 19.9. The third kappa shape index (κ3) is 5.96. The van der Waals surface area contributed by atoms with E-state index in [1.54, 1.807) is 0 Å². The van der Waals surface area contributed by atoms with Gasteiger partial charge in [-0.3, -0.25) is 4.79 Å². The van der Waals surface area contributed by atoms with Crippen LogP contribution in [0.5, 0.6) is 0 Å². The SMILES string of the molecule is C=C1CC[C@@]2(OC1)O[C@H]1C[C@H]3[C@@H]4CC[C@@H]5C[C@@H](O[C@@H]6O[C@H](CO)[C@H](O)[C@H](O)[C@H]6O[C@@H]6O[C@H](CO)[C@@H](O)[C@H](O)[C@H]6O)CC[C@]5(C)[C@H]4CC(=O)[C@]3(C)[C@H]1[C@@H]2C. The maximum absolute atomic E-state index is 14.5. The van der Waals surface area contributed by atoms with E-state index in [-0.39, 0.29) is 47.2 Å². The summed E-state index contributed by atoms with van der Waals surface area (Å²) in [5, 5.41) is 72.6. The predicted octanol–water partition coefficient (Wildman–Crippen LogP) is 0.541. The fourth-order valence-electron chi connectivity index (χ4n) is 12.7. The van der Waals surface area contributed by atoms with Gasteiger partial charge in [-0.2, -0.15) is 0 Å². The molecule has 4 heterocycles. The number of carbonyl (C=O) groups is 1. The molecule has 7 N–H and O–H groups in total. The molecule has 14 heteroatoms. The third-order valence-electron chi connectivity index (χ3n) is 15.8. The lowest BCUT2D eigenvalue weighted by molar-refractivity contribution is -0.373. The molecule has 4 aliphatic carbocycles. The molecule has 0 radical (unpaired) electrons. The van der Waals surface area contributed by atoms with Crippen molar-refractivity contribution in [3.05, 3.63) is 12.2 Å². The minimum Gasteiger partial charge on any atom is -0.394 e. The summed E-state index contributed by atoms with van der Waals surface area (Å²) in [7, 11) is 0. The Bertz CT molecular complexity index is 1380. The summed E-state index contributed by atoms with van der Waals surface area (Å²) >= 11 is 0. The van der Waals surface area contributed by atoms with Crippen LogP contribution in [0.1, 0.15) is 78.6 Å². The molecule has 300 valence electrons. The smallest absolute Gasteiger partial charge is 0.187 e. The second-order valence-corrected chi connectivity index (χ2v) is 18.2. The number of ether oxygens (including phenoxy) is 6. The van der Waals surface area contributed by atoms with E-state index in [0.29, 0.717) is 37.6 Å². The van der Waals surface area contributed by atoms with Gasteiger partial charge in [0.05, 0.1) is 32.0 Å². The Labute approximate surface area is 310 Å². The van der Waals surface area contributed by atoms with E-state index in [4.69, 9.17) is 28.4 Å². The van der Waals surface area contributed by atoms with Gasteiger partial charge in [-0.25, -0.2) is 0 Å². The van der Waals surface area contributed by atoms with Crippen LogP contribution in [0.4, 0.5) is 0 Å². The van der Waals surface area contributed by atoms with Crippen LogP contribution in [0, 0.1) is 46.3 Å². The summed E-state index contributed by atoms with van der Waals surface area (Å²) in [5.41, 5.74) is 0.563. The van der Waals surface area contributed by atoms with Gasteiger partial charge in [-0.15, -0.1) is 0 Å². The highest BCUT2D eigenvalue weighted by molar-refractivity contribution is 5.87. The molecule has 53 heavy (non-hydrogen) atoms. The van der Waals surface area contributed by atoms with E-state index in [9.17, 15) is 40.5 Å². The average molecular weight is 753 g/mol. The van der Waals surface area contributed by atoms with Gasteiger partial charge in [0.15, 0.2) is 18.4 Å². The van der Waals surface area contributed by atoms with E-state index in [0.717, 1.165) is 44.1 Å². The molecular weight excluding hydrogens is 692 g/mol. The molecule has 8 aliphatic rings. The number of rotatable bonds is 6. The van der Waals surface area contributed by atoms with Crippen molar-refractivity contribution in [3.8, 4) is 0 Å². The highest BCUT2D eigenvalue weighted by atomic mass is 16.8. The Morgan fingerprint density at radius 1 is 0.830 bits per heavy atom. The summed E-state index contributed by atoms with van der Waals surface area (Å²) in [6.45, 7) is 10.1. The quantitative estimate of drug-likeness (QED) is 0.146. The third-order valence-corrected chi connectivity index (χ3v) is 15.8. The maximum atomic E-state index is 14.5. The Morgan fingerprint density at radius 2 is 1.53 bits per heavy atom. The van der Waals surface area contributed by atoms with E-state index in [2.05, 4.69) is 27.4 Å².